The van der Waals surface area contributed by atoms with Crippen LogP contribution < -0.4 is 5.73 Å². The Morgan fingerprint density at radius 3 is 2.86 bits per heavy atom. The van der Waals surface area contributed by atoms with E-state index in [4.69, 9.17) is 5.73 Å². The van der Waals surface area contributed by atoms with Crippen LogP contribution in [0.15, 0.2) is 22.7 Å². The van der Waals surface area contributed by atoms with Crippen LogP contribution in [-0.4, -0.2) is 35.1 Å². The van der Waals surface area contributed by atoms with Crippen LogP contribution in [0.4, 0.5) is 5.69 Å². The average molecular weight is 369 g/mol. The number of aliphatic hydroxyl groups excluding tert-OH is 1. The molecule has 0 atom stereocenters. The number of hydrogen-bond donors (Lipinski definition) is 2. The van der Waals surface area contributed by atoms with Crippen LogP contribution in [-0.2, 0) is 0 Å². The molecule has 3 rings (SSSR count). The van der Waals surface area contributed by atoms with Gasteiger partial charge in [-0.15, -0.1) is 11.3 Å². The molecule has 1 aliphatic carbocycles. The number of hydrogen-bond acceptors (Lipinski definition) is 4. The van der Waals surface area contributed by atoms with Crippen molar-refractivity contribution in [2.24, 2.45) is 0 Å². The van der Waals surface area contributed by atoms with Crippen LogP contribution in [0.2, 0.25) is 0 Å². The monoisotopic (exact) mass is 368 g/mol. The van der Waals surface area contributed by atoms with Gasteiger partial charge in [0.2, 0.25) is 0 Å². The second kappa shape index (κ2) is 5.94. The summed E-state index contributed by atoms with van der Waals surface area (Å²) in [7, 11) is 0. The van der Waals surface area contributed by atoms with E-state index < -0.39 is 0 Å². The molecule has 0 spiro atoms. The van der Waals surface area contributed by atoms with Gasteiger partial charge in [-0.25, -0.2) is 0 Å². The Bertz CT molecular complexity index is 682. The van der Waals surface area contributed by atoms with E-state index in [9.17, 15) is 9.90 Å². The lowest BCUT2D eigenvalue weighted by Gasteiger charge is -2.37. The van der Waals surface area contributed by atoms with E-state index in [0.717, 1.165) is 33.8 Å². The highest BCUT2D eigenvalue weighted by atomic mass is 79.9. The summed E-state index contributed by atoms with van der Waals surface area (Å²) in [5.41, 5.74) is 6.73. The van der Waals surface area contributed by atoms with Crippen molar-refractivity contribution in [1.29, 1.82) is 0 Å². The maximum atomic E-state index is 12.8. The fourth-order valence-electron chi connectivity index (χ4n) is 2.63. The molecule has 21 heavy (non-hydrogen) atoms. The van der Waals surface area contributed by atoms with Gasteiger partial charge in [-0.1, -0.05) is 15.9 Å². The fraction of sp³-hybridized carbons (Fsp3) is 0.400. The number of thiophene rings is 1. The summed E-state index contributed by atoms with van der Waals surface area (Å²) in [6.45, 7) is 0.361. The molecule has 1 aromatic carbocycles. The van der Waals surface area contributed by atoms with Crippen molar-refractivity contribution in [1.82, 2.24) is 4.90 Å². The molecular weight excluding hydrogens is 352 g/mol. The van der Waals surface area contributed by atoms with Crippen molar-refractivity contribution in [2.75, 3.05) is 18.9 Å². The number of rotatable bonds is 4. The summed E-state index contributed by atoms with van der Waals surface area (Å²) in [5.74, 6) is -0.0522. The van der Waals surface area contributed by atoms with Gasteiger partial charge in [0.1, 0.15) is 4.88 Å². The largest absolute Gasteiger partial charge is 0.397 e. The van der Waals surface area contributed by atoms with Crippen molar-refractivity contribution in [3.63, 3.8) is 0 Å². The minimum absolute atomic E-state index is 0.0153. The first-order valence-corrected chi connectivity index (χ1v) is 8.62. The average Bonchev–Trinajstić information content (AvgIpc) is 2.73. The minimum atomic E-state index is -0.0522. The maximum absolute atomic E-state index is 12.8. The Kier molecular flexibility index (Phi) is 4.19. The second-order valence-electron chi connectivity index (χ2n) is 5.29. The number of benzene rings is 1. The predicted octanol–water partition coefficient (Wildman–Crippen LogP) is 3.23. The van der Waals surface area contributed by atoms with Crippen LogP contribution in [0.25, 0.3) is 10.1 Å². The molecule has 0 aliphatic heterocycles. The number of nitrogens with zero attached hydrogens (tertiary/aromatic N) is 1. The summed E-state index contributed by atoms with van der Waals surface area (Å²) in [4.78, 5) is 15.1. The van der Waals surface area contributed by atoms with Gasteiger partial charge in [-0.3, -0.25) is 4.79 Å². The Hall–Kier alpha value is -1.11. The van der Waals surface area contributed by atoms with Gasteiger partial charge in [-0.05, 0) is 37.5 Å². The van der Waals surface area contributed by atoms with Gasteiger partial charge >= 0.3 is 0 Å². The van der Waals surface area contributed by atoms with Gasteiger partial charge in [-0.2, -0.15) is 0 Å². The van der Waals surface area contributed by atoms with Gasteiger partial charge in [0.25, 0.3) is 5.91 Å². The third kappa shape index (κ3) is 2.67. The van der Waals surface area contributed by atoms with Gasteiger partial charge in [0.05, 0.1) is 12.3 Å². The molecule has 1 heterocycles. The number of carbonyl (C=O) groups is 1. The highest BCUT2D eigenvalue weighted by Gasteiger charge is 2.31. The standard InChI is InChI=1S/C15H17BrN2O2S/c16-9-4-5-12-11(8-9)13(17)14(21-12)15(20)18(6-7-19)10-2-1-3-10/h4-5,8,10,19H,1-3,6-7,17H2. The molecule has 0 saturated heterocycles. The molecule has 4 nitrogen and oxygen atoms in total. The van der Waals surface area contributed by atoms with E-state index in [-0.39, 0.29) is 18.6 Å². The van der Waals surface area contributed by atoms with E-state index in [1.165, 1.54) is 11.3 Å². The number of nitrogens with two attached hydrogens (primary N) is 1. The molecule has 1 fully saturated rings. The zero-order valence-electron chi connectivity index (χ0n) is 11.5. The number of halogens is 1. The molecular formula is C15H17BrN2O2S. The molecule has 112 valence electrons. The molecule has 6 heteroatoms. The predicted molar refractivity (Wildman–Crippen MR) is 89.7 cm³/mol. The normalized spacial score (nSPS) is 15.1. The third-order valence-corrected chi connectivity index (χ3v) is 5.67. The lowest BCUT2D eigenvalue weighted by molar-refractivity contribution is 0.0531. The smallest absolute Gasteiger partial charge is 0.266 e. The second-order valence-corrected chi connectivity index (χ2v) is 7.26. The quantitative estimate of drug-likeness (QED) is 0.870. The highest BCUT2D eigenvalue weighted by Crippen LogP contribution is 2.37. The Morgan fingerprint density at radius 1 is 1.48 bits per heavy atom. The molecule has 1 aromatic heterocycles. The van der Waals surface area contributed by atoms with E-state index in [2.05, 4.69) is 15.9 Å². The summed E-state index contributed by atoms with van der Waals surface area (Å²) < 4.78 is 1.96. The molecule has 0 radical (unpaired) electrons. The zero-order chi connectivity index (χ0) is 15.0. The van der Waals surface area contributed by atoms with Crippen molar-refractivity contribution in [3.05, 3.63) is 27.5 Å². The highest BCUT2D eigenvalue weighted by molar-refractivity contribution is 9.10. The van der Waals surface area contributed by atoms with Crippen molar-refractivity contribution in [3.8, 4) is 0 Å². The molecule has 0 bridgehead atoms. The number of aliphatic hydroxyl groups is 1. The molecule has 1 amide bonds. The summed E-state index contributed by atoms with van der Waals surface area (Å²) >= 11 is 4.86. The van der Waals surface area contributed by atoms with Crippen LogP contribution in [0, 0.1) is 0 Å². The van der Waals surface area contributed by atoms with E-state index in [1.807, 2.05) is 18.2 Å². The number of anilines is 1. The van der Waals surface area contributed by atoms with Crippen molar-refractivity contribution >= 4 is 48.9 Å². The first-order chi connectivity index (χ1) is 10.1. The fourth-order valence-corrected chi connectivity index (χ4v) is 4.05. The molecule has 3 N–H and O–H groups in total. The Balaban J connectivity index is 1.97. The van der Waals surface area contributed by atoms with Crippen LogP contribution >= 0.6 is 27.3 Å². The van der Waals surface area contributed by atoms with E-state index in [0.29, 0.717) is 17.1 Å². The number of amides is 1. The zero-order valence-corrected chi connectivity index (χ0v) is 13.9. The number of fused-ring (bicyclic) bond motifs is 1. The molecule has 1 saturated carbocycles. The lowest BCUT2D eigenvalue weighted by atomic mass is 9.91. The third-order valence-electron chi connectivity index (χ3n) is 4.00. The van der Waals surface area contributed by atoms with E-state index in [1.54, 1.807) is 4.90 Å². The Labute approximate surface area is 135 Å². The summed E-state index contributed by atoms with van der Waals surface area (Å²) in [6.07, 6.45) is 3.18. The molecule has 0 unspecified atom stereocenters. The topological polar surface area (TPSA) is 66.6 Å². The van der Waals surface area contributed by atoms with Crippen molar-refractivity contribution in [2.45, 2.75) is 25.3 Å². The summed E-state index contributed by atoms with van der Waals surface area (Å²) in [5, 5.41) is 10.1. The summed E-state index contributed by atoms with van der Waals surface area (Å²) in [6, 6.07) is 6.11. The lowest BCUT2D eigenvalue weighted by Crippen LogP contribution is -2.45. The van der Waals surface area contributed by atoms with E-state index >= 15 is 0 Å². The van der Waals surface area contributed by atoms with Gasteiger partial charge in [0, 0.05) is 27.1 Å². The van der Waals surface area contributed by atoms with Gasteiger partial charge < -0.3 is 15.7 Å². The SMILES string of the molecule is Nc1c(C(=O)N(CCO)C2CCC2)sc2ccc(Br)cc12. The van der Waals surface area contributed by atoms with Crippen LogP contribution in [0.1, 0.15) is 28.9 Å². The van der Waals surface area contributed by atoms with Crippen LogP contribution in [0.3, 0.4) is 0 Å². The number of nitrogen functional groups attached to an aromatic ring is 1. The van der Waals surface area contributed by atoms with Crippen molar-refractivity contribution < 1.29 is 9.90 Å². The maximum Gasteiger partial charge on any atom is 0.266 e. The molecule has 2 aromatic rings. The Morgan fingerprint density at radius 2 is 2.24 bits per heavy atom. The number of carbonyl (C=O) groups excluding carboxylic acids is 1. The minimum Gasteiger partial charge on any atom is -0.397 e. The van der Waals surface area contributed by atoms with Crippen LogP contribution in [0.5, 0.6) is 0 Å². The van der Waals surface area contributed by atoms with Gasteiger partial charge in [0.15, 0.2) is 0 Å². The first kappa shape index (κ1) is 14.8. The molecule has 1 aliphatic rings. The first-order valence-electron chi connectivity index (χ1n) is 7.01.